The molecule has 1 aliphatic heterocycles. The number of benzene rings is 1. The van der Waals surface area contributed by atoms with E-state index in [9.17, 15) is 0 Å². The summed E-state index contributed by atoms with van der Waals surface area (Å²) in [6.45, 7) is 5.79. The second kappa shape index (κ2) is 11.3. The second-order valence-electron chi connectivity index (χ2n) is 5.27. The molecule has 136 valence electrons. The summed E-state index contributed by atoms with van der Waals surface area (Å²) in [7, 11) is 3.23. The average Bonchev–Trinajstić information content (AvgIpc) is 2.60. The molecule has 0 radical (unpaired) electrons. The summed E-state index contributed by atoms with van der Waals surface area (Å²) in [6, 6.07) is 5.72. The van der Waals surface area contributed by atoms with Crippen molar-refractivity contribution in [2.75, 3.05) is 53.6 Å². The van der Waals surface area contributed by atoms with E-state index in [0.717, 1.165) is 45.0 Å². The molecule has 1 aromatic rings. The number of morpholine rings is 1. The van der Waals surface area contributed by atoms with Crippen molar-refractivity contribution in [2.24, 2.45) is 10.7 Å². The van der Waals surface area contributed by atoms with Gasteiger partial charge in [-0.3, -0.25) is 4.90 Å². The van der Waals surface area contributed by atoms with E-state index in [2.05, 4.69) is 15.2 Å². The first-order valence-corrected chi connectivity index (χ1v) is 7.77. The Morgan fingerprint density at radius 1 is 1.25 bits per heavy atom. The number of hydrogen-bond donors (Lipinski definition) is 2. The van der Waals surface area contributed by atoms with Crippen LogP contribution in [0.4, 0.5) is 0 Å². The summed E-state index contributed by atoms with van der Waals surface area (Å²) in [5.41, 5.74) is 6.92. The maximum Gasteiger partial charge on any atom is 0.188 e. The van der Waals surface area contributed by atoms with E-state index >= 15 is 0 Å². The van der Waals surface area contributed by atoms with Crippen LogP contribution in [0.2, 0.25) is 0 Å². The summed E-state index contributed by atoms with van der Waals surface area (Å²) in [4.78, 5) is 6.70. The Balaban J connectivity index is 0.00000288. The van der Waals surface area contributed by atoms with Gasteiger partial charge in [0.1, 0.15) is 0 Å². The topological polar surface area (TPSA) is 81.3 Å². The van der Waals surface area contributed by atoms with Crippen LogP contribution < -0.4 is 20.5 Å². The molecule has 1 heterocycles. The molecule has 24 heavy (non-hydrogen) atoms. The van der Waals surface area contributed by atoms with Crippen LogP contribution in [0.1, 0.15) is 5.56 Å². The third-order valence-electron chi connectivity index (χ3n) is 3.72. The van der Waals surface area contributed by atoms with E-state index in [4.69, 9.17) is 19.9 Å². The Morgan fingerprint density at radius 2 is 1.96 bits per heavy atom. The van der Waals surface area contributed by atoms with Crippen molar-refractivity contribution < 1.29 is 14.2 Å². The maximum absolute atomic E-state index is 5.90. The lowest BCUT2D eigenvalue weighted by atomic mass is 10.2. The van der Waals surface area contributed by atoms with Gasteiger partial charge >= 0.3 is 0 Å². The summed E-state index contributed by atoms with van der Waals surface area (Å²) in [5, 5.41) is 3.14. The molecule has 0 atom stereocenters. The molecule has 2 rings (SSSR count). The molecule has 1 aliphatic rings. The molecular weight excluding hydrogens is 423 g/mol. The molecule has 0 saturated carbocycles. The predicted molar refractivity (Wildman–Crippen MR) is 106 cm³/mol. The van der Waals surface area contributed by atoms with E-state index in [1.54, 1.807) is 14.2 Å². The van der Waals surface area contributed by atoms with Gasteiger partial charge in [0.25, 0.3) is 0 Å². The lowest BCUT2D eigenvalue weighted by molar-refractivity contribution is 0.0389. The molecule has 1 aromatic carbocycles. The van der Waals surface area contributed by atoms with Gasteiger partial charge in [0.15, 0.2) is 17.5 Å². The molecule has 0 aromatic heterocycles. The molecule has 0 unspecified atom stereocenters. The van der Waals surface area contributed by atoms with Crippen LogP contribution in [-0.2, 0) is 11.3 Å². The first-order chi connectivity index (χ1) is 11.2. The van der Waals surface area contributed by atoms with Crippen molar-refractivity contribution in [2.45, 2.75) is 6.54 Å². The fourth-order valence-electron chi connectivity index (χ4n) is 2.38. The number of ether oxygens (including phenoxy) is 3. The largest absolute Gasteiger partial charge is 0.493 e. The Hall–Kier alpha value is -1.26. The number of rotatable bonds is 7. The smallest absolute Gasteiger partial charge is 0.188 e. The lowest BCUT2D eigenvalue weighted by Gasteiger charge is -2.26. The molecule has 1 saturated heterocycles. The number of methoxy groups -OCH3 is 2. The number of guanidine groups is 1. The quantitative estimate of drug-likeness (QED) is 0.368. The van der Waals surface area contributed by atoms with E-state index in [1.165, 1.54) is 0 Å². The van der Waals surface area contributed by atoms with Gasteiger partial charge in [-0.15, -0.1) is 24.0 Å². The minimum atomic E-state index is 0. The standard InChI is InChI=1S/C16H26N4O3.HI/c1-21-14-4-3-13(11-15(14)22-2)12-19-16(17)18-5-6-20-7-9-23-10-8-20;/h3-4,11H,5-10,12H2,1-2H3,(H3,17,18,19);1H. The molecule has 8 heteroatoms. The summed E-state index contributed by atoms with van der Waals surface area (Å²) < 4.78 is 15.8. The summed E-state index contributed by atoms with van der Waals surface area (Å²) in [5.74, 6) is 1.85. The minimum Gasteiger partial charge on any atom is -0.493 e. The number of nitrogens with two attached hydrogens (primary N) is 1. The van der Waals surface area contributed by atoms with Gasteiger partial charge in [-0.05, 0) is 17.7 Å². The van der Waals surface area contributed by atoms with Crippen LogP contribution in [0.5, 0.6) is 11.5 Å². The monoisotopic (exact) mass is 450 g/mol. The van der Waals surface area contributed by atoms with Crippen LogP contribution in [0.15, 0.2) is 23.2 Å². The van der Waals surface area contributed by atoms with Crippen LogP contribution >= 0.6 is 24.0 Å². The highest BCUT2D eigenvalue weighted by atomic mass is 127. The van der Waals surface area contributed by atoms with E-state index < -0.39 is 0 Å². The van der Waals surface area contributed by atoms with Gasteiger partial charge in [0.2, 0.25) is 0 Å². The minimum absolute atomic E-state index is 0. The number of hydrogen-bond acceptors (Lipinski definition) is 5. The van der Waals surface area contributed by atoms with Crippen molar-refractivity contribution >= 4 is 29.9 Å². The van der Waals surface area contributed by atoms with Crippen molar-refractivity contribution in [3.63, 3.8) is 0 Å². The number of aliphatic imine (C=N–C) groups is 1. The molecule has 0 aliphatic carbocycles. The third-order valence-corrected chi connectivity index (χ3v) is 3.72. The van der Waals surface area contributed by atoms with Gasteiger partial charge in [0, 0.05) is 26.2 Å². The SMILES string of the molecule is COc1ccc(CN=C(N)NCCN2CCOCC2)cc1OC.I. The highest BCUT2D eigenvalue weighted by Gasteiger charge is 2.09. The summed E-state index contributed by atoms with van der Waals surface area (Å²) in [6.07, 6.45) is 0. The number of halogens is 1. The Morgan fingerprint density at radius 3 is 2.62 bits per heavy atom. The summed E-state index contributed by atoms with van der Waals surface area (Å²) >= 11 is 0. The van der Waals surface area contributed by atoms with Crippen molar-refractivity contribution in [3.8, 4) is 11.5 Å². The molecule has 0 spiro atoms. The van der Waals surface area contributed by atoms with Crippen molar-refractivity contribution in [1.29, 1.82) is 0 Å². The van der Waals surface area contributed by atoms with E-state index in [-0.39, 0.29) is 24.0 Å². The second-order valence-corrected chi connectivity index (χ2v) is 5.27. The number of nitrogens with zero attached hydrogens (tertiary/aromatic N) is 2. The predicted octanol–water partition coefficient (Wildman–Crippen LogP) is 1.06. The van der Waals surface area contributed by atoms with Crippen molar-refractivity contribution in [1.82, 2.24) is 10.2 Å². The Kier molecular flexibility index (Phi) is 9.80. The molecular formula is C16H27IN4O3. The zero-order valence-electron chi connectivity index (χ0n) is 14.3. The van der Waals surface area contributed by atoms with E-state index in [1.807, 2.05) is 18.2 Å². The van der Waals surface area contributed by atoms with Crippen LogP contribution in [0.3, 0.4) is 0 Å². The average molecular weight is 450 g/mol. The van der Waals surface area contributed by atoms with Gasteiger partial charge in [-0.25, -0.2) is 4.99 Å². The van der Waals surface area contributed by atoms with Gasteiger partial charge in [-0.2, -0.15) is 0 Å². The zero-order chi connectivity index (χ0) is 16.5. The lowest BCUT2D eigenvalue weighted by Crippen LogP contribution is -2.42. The Labute approximate surface area is 160 Å². The van der Waals surface area contributed by atoms with E-state index in [0.29, 0.717) is 24.0 Å². The fraction of sp³-hybridized carbons (Fsp3) is 0.562. The highest BCUT2D eigenvalue weighted by Crippen LogP contribution is 2.27. The highest BCUT2D eigenvalue weighted by molar-refractivity contribution is 14.0. The fourth-order valence-corrected chi connectivity index (χ4v) is 2.38. The third kappa shape index (κ3) is 6.70. The normalized spacial score (nSPS) is 15.5. The van der Waals surface area contributed by atoms with Crippen molar-refractivity contribution in [3.05, 3.63) is 23.8 Å². The van der Waals surface area contributed by atoms with Crippen LogP contribution in [0.25, 0.3) is 0 Å². The molecule has 7 nitrogen and oxygen atoms in total. The first-order valence-electron chi connectivity index (χ1n) is 7.77. The zero-order valence-corrected chi connectivity index (χ0v) is 16.6. The molecule has 3 N–H and O–H groups in total. The van der Waals surface area contributed by atoms with Gasteiger partial charge < -0.3 is 25.3 Å². The molecule has 0 amide bonds. The maximum atomic E-state index is 5.90. The molecule has 1 fully saturated rings. The first kappa shape index (κ1) is 20.8. The van der Waals surface area contributed by atoms with Gasteiger partial charge in [-0.1, -0.05) is 6.07 Å². The Bertz CT molecular complexity index is 522. The van der Waals surface area contributed by atoms with Crippen LogP contribution in [-0.4, -0.2) is 64.5 Å². The van der Waals surface area contributed by atoms with Crippen LogP contribution in [0, 0.1) is 0 Å². The molecule has 0 bridgehead atoms. The number of nitrogens with one attached hydrogen (secondary N) is 1. The van der Waals surface area contributed by atoms with Gasteiger partial charge in [0.05, 0.1) is 34.0 Å².